The van der Waals surface area contributed by atoms with Crippen molar-refractivity contribution < 1.29 is 19.1 Å². The van der Waals surface area contributed by atoms with Gasteiger partial charge in [0.2, 0.25) is 0 Å². The van der Waals surface area contributed by atoms with Crippen LogP contribution in [0.1, 0.15) is 22.3 Å². The van der Waals surface area contributed by atoms with Crippen LogP contribution < -0.4 is 15.0 Å². The van der Waals surface area contributed by atoms with E-state index in [1.165, 1.54) is 6.08 Å². The topological polar surface area (TPSA) is 75.7 Å². The third-order valence-electron chi connectivity index (χ3n) is 5.19. The van der Waals surface area contributed by atoms with Gasteiger partial charge in [0.15, 0.2) is 5.75 Å². The van der Waals surface area contributed by atoms with Crippen molar-refractivity contribution in [3.05, 3.63) is 98.5 Å². The molecular weight excluding hydrogens is 475 g/mol. The Morgan fingerprint density at radius 3 is 2.24 bits per heavy atom. The van der Waals surface area contributed by atoms with Crippen molar-refractivity contribution in [1.82, 2.24) is 5.32 Å². The second kappa shape index (κ2) is 9.71. The van der Waals surface area contributed by atoms with Gasteiger partial charge in [0.25, 0.3) is 11.8 Å². The van der Waals surface area contributed by atoms with E-state index >= 15 is 0 Å². The number of aryl methyl sites for hydroxylation is 2. The van der Waals surface area contributed by atoms with Gasteiger partial charge >= 0.3 is 6.03 Å². The summed E-state index contributed by atoms with van der Waals surface area (Å²) in [6, 6.07) is 16.9. The highest BCUT2D eigenvalue weighted by molar-refractivity contribution is 6.40. The van der Waals surface area contributed by atoms with Crippen LogP contribution in [-0.4, -0.2) is 17.8 Å². The molecule has 4 amide bonds. The number of ether oxygens (including phenoxy) is 1. The lowest BCUT2D eigenvalue weighted by Crippen LogP contribution is -2.54. The third-order valence-corrected chi connectivity index (χ3v) is 5.75. The van der Waals surface area contributed by atoms with E-state index < -0.39 is 17.8 Å². The number of hydrogen-bond acceptors (Lipinski definition) is 4. The summed E-state index contributed by atoms with van der Waals surface area (Å²) in [5.41, 5.74) is 3.57. The molecular formula is C26H20Cl2N2O4. The van der Waals surface area contributed by atoms with Gasteiger partial charge in [-0.3, -0.25) is 14.9 Å². The van der Waals surface area contributed by atoms with Gasteiger partial charge in [0.05, 0.1) is 15.7 Å². The van der Waals surface area contributed by atoms with E-state index in [0.717, 1.165) is 21.6 Å². The smallest absolute Gasteiger partial charge is 0.335 e. The van der Waals surface area contributed by atoms with E-state index in [1.54, 1.807) is 36.4 Å². The van der Waals surface area contributed by atoms with E-state index in [4.69, 9.17) is 27.9 Å². The summed E-state index contributed by atoms with van der Waals surface area (Å²) in [6.07, 6.45) is 1.34. The van der Waals surface area contributed by atoms with Crippen molar-refractivity contribution >= 4 is 52.8 Å². The maximum Gasteiger partial charge on any atom is 0.335 e. The highest BCUT2D eigenvalue weighted by Gasteiger charge is 2.36. The molecule has 172 valence electrons. The van der Waals surface area contributed by atoms with Crippen LogP contribution in [0.5, 0.6) is 5.75 Å². The highest BCUT2D eigenvalue weighted by Crippen LogP contribution is 2.36. The Kier molecular flexibility index (Phi) is 6.72. The van der Waals surface area contributed by atoms with E-state index in [0.29, 0.717) is 17.0 Å². The zero-order valence-electron chi connectivity index (χ0n) is 18.4. The number of hydrogen-bond donors (Lipinski definition) is 1. The lowest BCUT2D eigenvalue weighted by atomic mass is 10.1. The number of nitrogens with zero attached hydrogens (tertiary/aromatic N) is 1. The van der Waals surface area contributed by atoms with E-state index in [2.05, 4.69) is 5.32 Å². The molecule has 3 aromatic carbocycles. The Balaban J connectivity index is 1.60. The van der Waals surface area contributed by atoms with Crippen LogP contribution in [0.2, 0.25) is 10.0 Å². The minimum Gasteiger partial charge on any atom is -0.486 e. The summed E-state index contributed by atoms with van der Waals surface area (Å²) in [5.74, 6) is -1.25. The van der Waals surface area contributed by atoms with Crippen LogP contribution in [0.25, 0.3) is 6.08 Å². The number of halogens is 2. The molecule has 0 spiro atoms. The van der Waals surface area contributed by atoms with Crippen molar-refractivity contribution in [1.29, 1.82) is 0 Å². The Morgan fingerprint density at radius 2 is 1.59 bits per heavy atom. The summed E-state index contributed by atoms with van der Waals surface area (Å²) in [7, 11) is 0. The number of anilines is 1. The molecule has 0 aromatic heterocycles. The first-order chi connectivity index (χ1) is 16.2. The van der Waals surface area contributed by atoms with Gasteiger partial charge in [-0.1, -0.05) is 70.7 Å². The first kappa shape index (κ1) is 23.5. The maximum atomic E-state index is 13.0. The van der Waals surface area contributed by atoms with Crippen LogP contribution in [0.4, 0.5) is 10.5 Å². The quantitative estimate of drug-likeness (QED) is 0.356. The number of carbonyl (C=O) groups excluding carboxylic acids is 3. The molecule has 0 unspecified atom stereocenters. The minimum absolute atomic E-state index is 0.222. The lowest BCUT2D eigenvalue weighted by molar-refractivity contribution is -0.122. The zero-order valence-corrected chi connectivity index (χ0v) is 19.9. The standard InChI is InChI=1S/C26H20Cl2N2O4/c1-15-6-8-19(9-7-15)30-25(32)20(24(31)29-26(30)33)11-18-12-21(27)23(22(28)13-18)34-14-17-5-3-4-16(2)10-17/h3-13H,14H2,1-2H3,(H,29,31,33)/b20-11+. The summed E-state index contributed by atoms with van der Waals surface area (Å²) < 4.78 is 5.81. The van der Waals surface area contributed by atoms with Gasteiger partial charge in [-0.05, 0) is 55.3 Å². The number of benzene rings is 3. The Bertz CT molecular complexity index is 1310. The lowest BCUT2D eigenvalue weighted by Gasteiger charge is -2.26. The molecule has 3 aromatic rings. The van der Waals surface area contributed by atoms with Crippen LogP contribution in [-0.2, 0) is 16.2 Å². The van der Waals surface area contributed by atoms with Gasteiger partial charge in [0, 0.05) is 0 Å². The van der Waals surface area contributed by atoms with Crippen molar-refractivity contribution in [2.45, 2.75) is 20.5 Å². The molecule has 6 nitrogen and oxygen atoms in total. The van der Waals surface area contributed by atoms with Gasteiger partial charge in [-0.2, -0.15) is 0 Å². The SMILES string of the molecule is Cc1ccc(N2C(=O)NC(=O)/C(=C\c3cc(Cl)c(OCc4cccc(C)c4)c(Cl)c3)C2=O)cc1. The van der Waals surface area contributed by atoms with Crippen molar-refractivity contribution in [2.75, 3.05) is 4.90 Å². The normalized spacial score (nSPS) is 15.0. The summed E-state index contributed by atoms with van der Waals surface area (Å²) in [5, 5.41) is 2.64. The zero-order chi connectivity index (χ0) is 24.4. The largest absolute Gasteiger partial charge is 0.486 e. The third kappa shape index (κ3) is 4.98. The Labute approximate surface area is 206 Å². The van der Waals surface area contributed by atoms with Gasteiger partial charge in [-0.25, -0.2) is 9.69 Å². The Hall–Kier alpha value is -3.61. The number of nitrogens with one attached hydrogen (secondary N) is 1. The second-order valence-electron chi connectivity index (χ2n) is 7.88. The molecule has 0 aliphatic carbocycles. The Morgan fingerprint density at radius 1 is 0.912 bits per heavy atom. The fraction of sp³-hybridized carbons (Fsp3) is 0.115. The molecule has 0 atom stereocenters. The van der Waals surface area contributed by atoms with Gasteiger partial charge < -0.3 is 4.74 Å². The number of urea groups is 1. The maximum absolute atomic E-state index is 13.0. The number of amides is 4. The molecule has 1 aliphatic heterocycles. The molecule has 1 heterocycles. The molecule has 1 N–H and O–H groups in total. The van der Waals surface area contributed by atoms with Crippen molar-refractivity contribution in [2.24, 2.45) is 0 Å². The number of rotatable bonds is 5. The van der Waals surface area contributed by atoms with E-state index in [1.807, 2.05) is 38.1 Å². The molecule has 34 heavy (non-hydrogen) atoms. The van der Waals surface area contributed by atoms with Gasteiger partial charge in [0.1, 0.15) is 12.2 Å². The van der Waals surface area contributed by atoms with Crippen molar-refractivity contribution in [3.8, 4) is 5.75 Å². The number of carbonyl (C=O) groups is 3. The molecule has 1 fully saturated rings. The number of imide groups is 2. The molecule has 8 heteroatoms. The second-order valence-corrected chi connectivity index (χ2v) is 8.70. The highest BCUT2D eigenvalue weighted by atomic mass is 35.5. The van der Waals surface area contributed by atoms with Crippen molar-refractivity contribution in [3.63, 3.8) is 0 Å². The van der Waals surface area contributed by atoms with Crippen LogP contribution in [0, 0.1) is 13.8 Å². The van der Waals surface area contributed by atoms with Crippen LogP contribution >= 0.6 is 23.2 Å². The van der Waals surface area contributed by atoms with Crippen LogP contribution in [0.3, 0.4) is 0 Å². The minimum atomic E-state index is -0.813. The number of barbiturate groups is 1. The first-order valence-electron chi connectivity index (χ1n) is 10.4. The average molecular weight is 495 g/mol. The van der Waals surface area contributed by atoms with E-state index in [-0.39, 0.29) is 22.2 Å². The predicted octanol–water partition coefficient (Wildman–Crippen LogP) is 5.86. The fourth-order valence-electron chi connectivity index (χ4n) is 3.51. The molecule has 1 saturated heterocycles. The predicted molar refractivity (Wildman–Crippen MR) is 132 cm³/mol. The summed E-state index contributed by atoms with van der Waals surface area (Å²) in [4.78, 5) is 38.7. The molecule has 1 aliphatic rings. The first-order valence-corrected chi connectivity index (χ1v) is 11.1. The van der Waals surface area contributed by atoms with E-state index in [9.17, 15) is 14.4 Å². The fourth-order valence-corrected chi connectivity index (χ4v) is 4.12. The molecule has 4 rings (SSSR count). The van der Waals surface area contributed by atoms with Gasteiger partial charge in [-0.15, -0.1) is 0 Å². The monoisotopic (exact) mass is 494 g/mol. The molecule has 0 radical (unpaired) electrons. The molecule has 0 bridgehead atoms. The van der Waals surface area contributed by atoms with Crippen LogP contribution in [0.15, 0.2) is 66.2 Å². The summed E-state index contributed by atoms with van der Waals surface area (Å²) >= 11 is 12.8. The molecule has 0 saturated carbocycles. The average Bonchev–Trinajstić information content (AvgIpc) is 2.77. The summed E-state index contributed by atoms with van der Waals surface area (Å²) in [6.45, 7) is 4.15.